The van der Waals surface area contributed by atoms with Gasteiger partial charge in [-0.2, -0.15) is 0 Å². The Morgan fingerprint density at radius 3 is 1.58 bits per heavy atom. The van der Waals surface area contributed by atoms with Crippen LogP contribution in [0.1, 0.15) is 181 Å². The van der Waals surface area contributed by atoms with E-state index < -0.39 is 49.4 Å². The molecule has 2 unspecified atom stereocenters. The number of unbranched alkanes of at least 4 members (excludes halogenated alkanes) is 18. The lowest BCUT2D eigenvalue weighted by Gasteiger charge is -2.39. The number of aliphatic hydroxyl groups excluding tert-OH is 4. The van der Waals surface area contributed by atoms with E-state index in [0.717, 1.165) is 83.5 Å². The minimum atomic E-state index is -1.60. The van der Waals surface area contributed by atoms with Crippen LogP contribution in [0.25, 0.3) is 0 Å². The van der Waals surface area contributed by atoms with Gasteiger partial charge in [-0.25, -0.2) is 0 Å². The second kappa shape index (κ2) is 37.9. The Kier molecular flexibility index (Phi) is 35.0. The maximum atomic E-state index is 12.8. The number of aliphatic hydroxyl groups is 4. The smallest absolute Gasteiger partial charge is 0.306 e. The van der Waals surface area contributed by atoms with Crippen molar-refractivity contribution >= 4 is 11.9 Å². The van der Waals surface area contributed by atoms with Crippen LogP contribution >= 0.6 is 0 Å². The summed E-state index contributed by atoms with van der Waals surface area (Å²) in [6.07, 6.45) is 36.8. The van der Waals surface area contributed by atoms with Crippen LogP contribution in [0.15, 0.2) is 48.6 Å². The molecule has 0 bridgehead atoms. The standard InChI is InChI=1S/C47H82O10/c1-3-5-7-9-11-13-15-17-19-20-22-23-25-27-29-31-33-35-42(49)54-38-40(39-55-47-46(53)45(52)44(51)41(37-48)57-47)56-43(50)36-34-32-30-28-26-24-21-18-16-14-12-10-8-6-4-2/h6,8,12,14,17-19,21,40-41,44-48,51-53H,3-5,7,9-11,13,15-16,20,22-39H2,1-2H3/b8-6+,14-12+,19-17+,21-18+/t40-,41-,44+,45?,46?,47-/m0/s1. The van der Waals surface area contributed by atoms with Crippen molar-refractivity contribution in [3.05, 3.63) is 48.6 Å². The Balaban J connectivity index is 2.33. The third kappa shape index (κ3) is 29.5. The van der Waals surface area contributed by atoms with Crippen molar-refractivity contribution in [2.24, 2.45) is 0 Å². The van der Waals surface area contributed by atoms with Crippen molar-refractivity contribution in [3.8, 4) is 0 Å². The summed E-state index contributed by atoms with van der Waals surface area (Å²) in [7, 11) is 0. The minimum Gasteiger partial charge on any atom is -0.462 e. The molecule has 330 valence electrons. The van der Waals surface area contributed by atoms with Gasteiger partial charge in [0.05, 0.1) is 13.2 Å². The Bertz CT molecular complexity index is 1070. The largest absolute Gasteiger partial charge is 0.462 e. The molecule has 4 N–H and O–H groups in total. The minimum absolute atomic E-state index is 0.208. The molecule has 1 aliphatic heterocycles. The highest BCUT2D eigenvalue weighted by molar-refractivity contribution is 5.70. The predicted molar refractivity (Wildman–Crippen MR) is 229 cm³/mol. The fourth-order valence-corrected chi connectivity index (χ4v) is 6.61. The summed E-state index contributed by atoms with van der Waals surface area (Å²) >= 11 is 0. The van der Waals surface area contributed by atoms with Gasteiger partial charge in [-0.05, 0) is 70.6 Å². The molecule has 1 rings (SSSR count). The molecule has 10 heteroatoms. The number of carbonyl (C=O) groups is 2. The highest BCUT2D eigenvalue weighted by Gasteiger charge is 2.44. The van der Waals surface area contributed by atoms with Crippen molar-refractivity contribution in [1.82, 2.24) is 0 Å². The molecule has 1 fully saturated rings. The molecular formula is C47H82O10. The van der Waals surface area contributed by atoms with E-state index in [1.54, 1.807) is 0 Å². The molecule has 1 heterocycles. The summed E-state index contributed by atoms with van der Waals surface area (Å²) in [5.41, 5.74) is 0. The molecule has 1 saturated heterocycles. The monoisotopic (exact) mass is 807 g/mol. The van der Waals surface area contributed by atoms with Crippen LogP contribution < -0.4 is 0 Å². The summed E-state index contributed by atoms with van der Waals surface area (Å²) in [5.74, 6) is -0.832. The van der Waals surface area contributed by atoms with Crippen LogP contribution in [0.2, 0.25) is 0 Å². The maximum Gasteiger partial charge on any atom is 0.306 e. The first-order valence-electron chi connectivity index (χ1n) is 22.7. The van der Waals surface area contributed by atoms with Crippen molar-refractivity contribution in [2.75, 3.05) is 19.8 Å². The maximum absolute atomic E-state index is 12.8. The van der Waals surface area contributed by atoms with E-state index in [4.69, 9.17) is 18.9 Å². The van der Waals surface area contributed by atoms with Gasteiger partial charge in [0.2, 0.25) is 0 Å². The van der Waals surface area contributed by atoms with E-state index in [-0.39, 0.29) is 32.0 Å². The summed E-state index contributed by atoms with van der Waals surface area (Å²) in [6, 6.07) is 0. The molecule has 57 heavy (non-hydrogen) atoms. The number of esters is 2. The van der Waals surface area contributed by atoms with Crippen LogP contribution in [0.3, 0.4) is 0 Å². The number of hydrogen-bond acceptors (Lipinski definition) is 10. The average Bonchev–Trinajstić information content (AvgIpc) is 3.21. The van der Waals surface area contributed by atoms with Gasteiger partial charge in [0.25, 0.3) is 0 Å². The number of rotatable bonds is 37. The number of hydrogen-bond donors (Lipinski definition) is 4. The Hall–Kier alpha value is -2.34. The van der Waals surface area contributed by atoms with Gasteiger partial charge in [-0.3, -0.25) is 9.59 Å². The summed E-state index contributed by atoms with van der Waals surface area (Å²) in [4.78, 5) is 25.3. The Labute approximate surface area is 346 Å². The molecule has 0 aromatic rings. The number of allylic oxidation sites excluding steroid dienone is 8. The molecule has 0 radical (unpaired) electrons. The molecular weight excluding hydrogens is 725 g/mol. The molecule has 0 aromatic carbocycles. The fraction of sp³-hybridized carbons (Fsp3) is 0.787. The van der Waals surface area contributed by atoms with Gasteiger partial charge < -0.3 is 39.4 Å². The van der Waals surface area contributed by atoms with Crippen LogP contribution in [0, 0.1) is 0 Å². The van der Waals surface area contributed by atoms with E-state index in [1.807, 2.05) is 0 Å². The highest BCUT2D eigenvalue weighted by atomic mass is 16.7. The molecule has 0 amide bonds. The van der Waals surface area contributed by atoms with E-state index >= 15 is 0 Å². The third-order valence-corrected chi connectivity index (χ3v) is 10.2. The second-order valence-corrected chi connectivity index (χ2v) is 15.5. The van der Waals surface area contributed by atoms with Gasteiger partial charge in [0.15, 0.2) is 12.4 Å². The molecule has 0 saturated carbocycles. The summed E-state index contributed by atoms with van der Waals surface area (Å²) in [5, 5.41) is 40.1. The van der Waals surface area contributed by atoms with Gasteiger partial charge in [0.1, 0.15) is 31.0 Å². The zero-order valence-electron chi connectivity index (χ0n) is 35.8. The lowest BCUT2D eigenvalue weighted by molar-refractivity contribution is -0.305. The van der Waals surface area contributed by atoms with E-state index in [1.165, 1.54) is 64.2 Å². The SMILES string of the molecule is CC/C=C/C/C=C/C/C=C/CCCCCCCC(=O)O[C@@H](COC(=O)CCCCCCCCC/C=C/CCCCCCCC)CO[C@H]1O[C@@H](CO)[C@@H](O)C(O)C1O. The average molecular weight is 807 g/mol. The second-order valence-electron chi connectivity index (χ2n) is 15.5. The van der Waals surface area contributed by atoms with Crippen LogP contribution in [-0.4, -0.2) is 89.0 Å². The van der Waals surface area contributed by atoms with E-state index in [9.17, 15) is 30.0 Å². The third-order valence-electron chi connectivity index (χ3n) is 10.2. The molecule has 0 spiro atoms. The van der Waals surface area contributed by atoms with Crippen molar-refractivity contribution in [1.29, 1.82) is 0 Å². The zero-order valence-corrected chi connectivity index (χ0v) is 35.8. The van der Waals surface area contributed by atoms with E-state index in [0.29, 0.717) is 6.42 Å². The van der Waals surface area contributed by atoms with Crippen LogP contribution in [0.5, 0.6) is 0 Å². The Morgan fingerprint density at radius 1 is 0.561 bits per heavy atom. The highest BCUT2D eigenvalue weighted by Crippen LogP contribution is 2.22. The normalized spacial score (nSPS) is 20.7. The van der Waals surface area contributed by atoms with Gasteiger partial charge in [0, 0.05) is 12.8 Å². The van der Waals surface area contributed by atoms with Crippen molar-refractivity contribution in [2.45, 2.75) is 218 Å². The van der Waals surface area contributed by atoms with Crippen LogP contribution in [-0.2, 0) is 28.5 Å². The van der Waals surface area contributed by atoms with Crippen molar-refractivity contribution in [3.63, 3.8) is 0 Å². The lowest BCUT2D eigenvalue weighted by Crippen LogP contribution is -2.59. The first-order chi connectivity index (χ1) is 27.8. The quantitative estimate of drug-likeness (QED) is 0.0271. The van der Waals surface area contributed by atoms with E-state index in [2.05, 4.69) is 62.5 Å². The molecule has 0 aromatic heterocycles. The molecule has 0 aliphatic carbocycles. The van der Waals surface area contributed by atoms with Gasteiger partial charge >= 0.3 is 11.9 Å². The zero-order chi connectivity index (χ0) is 41.6. The number of ether oxygens (including phenoxy) is 4. The fourth-order valence-electron chi connectivity index (χ4n) is 6.61. The first-order valence-corrected chi connectivity index (χ1v) is 22.7. The lowest BCUT2D eigenvalue weighted by atomic mass is 9.99. The van der Waals surface area contributed by atoms with Gasteiger partial charge in [-0.1, -0.05) is 146 Å². The summed E-state index contributed by atoms with van der Waals surface area (Å²) < 4.78 is 22.1. The first kappa shape index (κ1) is 52.7. The molecule has 10 nitrogen and oxygen atoms in total. The van der Waals surface area contributed by atoms with Gasteiger partial charge in [-0.15, -0.1) is 0 Å². The summed E-state index contributed by atoms with van der Waals surface area (Å²) in [6.45, 7) is 3.28. The predicted octanol–water partition coefficient (Wildman–Crippen LogP) is 9.67. The topological polar surface area (TPSA) is 152 Å². The number of carbonyl (C=O) groups excluding carboxylic acids is 2. The Morgan fingerprint density at radius 2 is 1.04 bits per heavy atom. The van der Waals surface area contributed by atoms with Crippen molar-refractivity contribution < 1.29 is 49.0 Å². The van der Waals surface area contributed by atoms with Crippen LogP contribution in [0.4, 0.5) is 0 Å². The molecule has 1 aliphatic rings. The molecule has 6 atom stereocenters.